The van der Waals surface area contributed by atoms with Crippen LogP contribution < -0.4 is 0 Å². The summed E-state index contributed by atoms with van der Waals surface area (Å²) >= 11 is 0. The normalized spacial score (nSPS) is 18.9. The average Bonchev–Trinajstić information content (AvgIpc) is 2.58. The molecule has 2 aliphatic carbocycles. The van der Waals surface area contributed by atoms with Gasteiger partial charge in [-0.05, 0) is 30.0 Å². The van der Waals surface area contributed by atoms with E-state index < -0.39 is 5.78 Å². The Labute approximate surface area is 139 Å². The number of benzene rings is 2. The molecule has 1 N–H and O–H groups in total. The van der Waals surface area contributed by atoms with E-state index in [1.54, 1.807) is 12.1 Å². The number of hydrogen-bond donors (Lipinski definition) is 1. The van der Waals surface area contributed by atoms with Gasteiger partial charge in [0, 0.05) is 28.7 Å². The van der Waals surface area contributed by atoms with Crippen LogP contribution in [0.25, 0.3) is 0 Å². The van der Waals surface area contributed by atoms with Crippen LogP contribution in [-0.4, -0.2) is 22.5 Å². The first-order valence-corrected chi connectivity index (χ1v) is 8.13. The van der Waals surface area contributed by atoms with Gasteiger partial charge in [0.15, 0.2) is 17.3 Å². The third-order valence-corrected chi connectivity index (χ3v) is 5.12. The third kappa shape index (κ3) is 1.89. The Morgan fingerprint density at radius 3 is 2.38 bits per heavy atom. The molecule has 4 heteroatoms. The van der Waals surface area contributed by atoms with Gasteiger partial charge in [-0.15, -0.1) is 0 Å². The quantitative estimate of drug-likeness (QED) is 0.746. The number of Topliss-reactive ketones (excluding diaryl/α,β-unsaturated/α-hetero) is 1. The van der Waals surface area contributed by atoms with E-state index in [2.05, 4.69) is 6.92 Å². The Morgan fingerprint density at radius 2 is 1.62 bits per heavy atom. The fourth-order valence-corrected chi connectivity index (χ4v) is 3.83. The summed E-state index contributed by atoms with van der Waals surface area (Å²) in [5.74, 6) is -0.730. The predicted molar refractivity (Wildman–Crippen MR) is 87.8 cm³/mol. The molecule has 0 fully saturated rings. The summed E-state index contributed by atoms with van der Waals surface area (Å²) in [5, 5.41) is 9.99. The summed E-state index contributed by atoms with van der Waals surface area (Å²) in [6.07, 6.45) is 2.07. The van der Waals surface area contributed by atoms with Crippen molar-refractivity contribution in [2.45, 2.75) is 26.2 Å². The minimum Gasteiger partial charge on any atom is -0.507 e. The lowest BCUT2D eigenvalue weighted by molar-refractivity contribution is 0.0930. The maximum atomic E-state index is 13.0. The molecule has 2 aromatic carbocycles. The molecule has 1 unspecified atom stereocenters. The maximum absolute atomic E-state index is 13.0. The first-order chi connectivity index (χ1) is 11.5. The average molecular weight is 320 g/mol. The minimum atomic E-state index is -0.397. The number of phenolic OH excluding ortho intramolecular Hbond substituents is 1. The molecule has 0 aliphatic heterocycles. The van der Waals surface area contributed by atoms with E-state index in [9.17, 15) is 19.5 Å². The molecule has 2 aliphatic rings. The molecule has 0 bridgehead atoms. The van der Waals surface area contributed by atoms with Crippen molar-refractivity contribution < 1.29 is 19.5 Å². The number of fused-ring (bicyclic) bond motifs is 4. The molecule has 0 amide bonds. The van der Waals surface area contributed by atoms with Gasteiger partial charge in [0.1, 0.15) is 5.75 Å². The van der Waals surface area contributed by atoms with Crippen molar-refractivity contribution in [3.05, 3.63) is 63.7 Å². The molecule has 4 rings (SSSR count). The first-order valence-electron chi connectivity index (χ1n) is 8.13. The monoisotopic (exact) mass is 320 g/mol. The van der Waals surface area contributed by atoms with Gasteiger partial charge in [0.2, 0.25) is 0 Å². The van der Waals surface area contributed by atoms with Gasteiger partial charge < -0.3 is 5.11 Å². The summed E-state index contributed by atoms with van der Waals surface area (Å²) in [5.41, 5.74) is 1.90. The zero-order valence-electron chi connectivity index (χ0n) is 13.3. The van der Waals surface area contributed by atoms with Crippen LogP contribution in [0.2, 0.25) is 0 Å². The van der Waals surface area contributed by atoms with E-state index in [1.165, 1.54) is 18.2 Å². The fraction of sp³-hybridized carbons (Fsp3) is 0.250. The van der Waals surface area contributed by atoms with Gasteiger partial charge in [-0.3, -0.25) is 14.4 Å². The van der Waals surface area contributed by atoms with Crippen molar-refractivity contribution in [2.75, 3.05) is 0 Å². The van der Waals surface area contributed by atoms with E-state index >= 15 is 0 Å². The number of hydrogen-bond acceptors (Lipinski definition) is 4. The topological polar surface area (TPSA) is 71.4 Å². The SMILES string of the molecule is CCC1CC(=O)c2c(ccc3c2C(=O)c2cccc(O)c2C3=O)C1. The van der Waals surface area contributed by atoms with E-state index in [4.69, 9.17) is 0 Å². The highest BCUT2D eigenvalue weighted by atomic mass is 16.3. The van der Waals surface area contributed by atoms with Crippen LogP contribution >= 0.6 is 0 Å². The lowest BCUT2D eigenvalue weighted by atomic mass is 9.74. The van der Waals surface area contributed by atoms with E-state index in [0.29, 0.717) is 12.0 Å². The van der Waals surface area contributed by atoms with Crippen LogP contribution in [0.3, 0.4) is 0 Å². The molecule has 0 aromatic heterocycles. The number of aromatic hydroxyl groups is 1. The van der Waals surface area contributed by atoms with Gasteiger partial charge in [0.05, 0.1) is 5.56 Å². The molecule has 2 aromatic rings. The highest BCUT2D eigenvalue weighted by molar-refractivity contribution is 6.32. The van der Waals surface area contributed by atoms with Crippen LogP contribution in [0.5, 0.6) is 5.75 Å². The molecule has 24 heavy (non-hydrogen) atoms. The zero-order chi connectivity index (χ0) is 17.0. The zero-order valence-corrected chi connectivity index (χ0v) is 13.3. The van der Waals surface area contributed by atoms with Crippen LogP contribution in [0.15, 0.2) is 30.3 Å². The number of rotatable bonds is 1. The summed E-state index contributed by atoms with van der Waals surface area (Å²) in [6.45, 7) is 2.05. The van der Waals surface area contributed by atoms with E-state index in [0.717, 1.165) is 18.4 Å². The van der Waals surface area contributed by atoms with Crippen molar-refractivity contribution in [1.29, 1.82) is 0 Å². The van der Waals surface area contributed by atoms with Gasteiger partial charge in [-0.25, -0.2) is 0 Å². The standard InChI is InChI=1S/C20H16O4/c1-2-10-8-11-6-7-13-18(16(11)15(22)9-10)20(24)12-4-3-5-14(21)17(12)19(13)23/h3-7,10,21H,2,8-9H2,1H3. The molecular weight excluding hydrogens is 304 g/mol. The summed E-state index contributed by atoms with van der Waals surface area (Å²) < 4.78 is 0. The number of carbonyl (C=O) groups is 3. The molecule has 4 nitrogen and oxygen atoms in total. The summed E-state index contributed by atoms with van der Waals surface area (Å²) in [4.78, 5) is 38.4. The van der Waals surface area contributed by atoms with Crippen molar-refractivity contribution in [1.82, 2.24) is 0 Å². The lowest BCUT2D eigenvalue weighted by Gasteiger charge is -2.27. The fourth-order valence-electron chi connectivity index (χ4n) is 3.83. The number of ketones is 3. The van der Waals surface area contributed by atoms with Gasteiger partial charge in [-0.2, -0.15) is 0 Å². The molecule has 0 saturated carbocycles. The van der Waals surface area contributed by atoms with Gasteiger partial charge in [-0.1, -0.05) is 31.5 Å². The molecule has 0 saturated heterocycles. The summed E-state index contributed by atoms with van der Waals surface area (Å²) in [7, 11) is 0. The van der Waals surface area contributed by atoms with Gasteiger partial charge in [0.25, 0.3) is 0 Å². The Balaban J connectivity index is 1.98. The Morgan fingerprint density at radius 1 is 0.917 bits per heavy atom. The van der Waals surface area contributed by atoms with Gasteiger partial charge >= 0.3 is 0 Å². The highest BCUT2D eigenvalue weighted by Crippen LogP contribution is 2.38. The second kappa shape index (κ2) is 5.13. The van der Waals surface area contributed by atoms with Crippen molar-refractivity contribution in [3.63, 3.8) is 0 Å². The Bertz CT molecular complexity index is 923. The van der Waals surface area contributed by atoms with Crippen molar-refractivity contribution >= 4 is 17.3 Å². The smallest absolute Gasteiger partial charge is 0.198 e. The number of phenols is 1. The van der Waals surface area contributed by atoms with Crippen molar-refractivity contribution in [2.24, 2.45) is 5.92 Å². The molecular formula is C20H16O4. The third-order valence-electron chi connectivity index (χ3n) is 5.12. The Kier molecular flexibility index (Phi) is 3.17. The van der Waals surface area contributed by atoms with E-state index in [1.807, 2.05) is 0 Å². The molecule has 0 heterocycles. The van der Waals surface area contributed by atoms with Crippen LogP contribution in [-0.2, 0) is 6.42 Å². The lowest BCUT2D eigenvalue weighted by Crippen LogP contribution is -2.28. The first kappa shape index (κ1) is 14.8. The molecule has 0 spiro atoms. The largest absolute Gasteiger partial charge is 0.507 e. The maximum Gasteiger partial charge on any atom is 0.198 e. The molecule has 1 atom stereocenters. The second-order valence-corrected chi connectivity index (χ2v) is 6.49. The highest BCUT2D eigenvalue weighted by Gasteiger charge is 2.37. The predicted octanol–water partition coefficient (Wildman–Crippen LogP) is 3.32. The van der Waals surface area contributed by atoms with Crippen LogP contribution in [0.1, 0.15) is 67.5 Å². The Hall–Kier alpha value is -2.75. The molecule has 120 valence electrons. The minimum absolute atomic E-state index is 0.0321. The molecule has 0 radical (unpaired) electrons. The second-order valence-electron chi connectivity index (χ2n) is 6.49. The van der Waals surface area contributed by atoms with Crippen LogP contribution in [0.4, 0.5) is 0 Å². The van der Waals surface area contributed by atoms with Crippen LogP contribution in [0, 0.1) is 5.92 Å². The van der Waals surface area contributed by atoms with E-state index in [-0.39, 0.29) is 45.5 Å². The summed E-state index contributed by atoms with van der Waals surface area (Å²) in [6, 6.07) is 7.86. The van der Waals surface area contributed by atoms with Crippen molar-refractivity contribution in [3.8, 4) is 5.75 Å². The number of carbonyl (C=O) groups excluding carboxylic acids is 3.